The van der Waals surface area contributed by atoms with E-state index in [1.165, 1.54) is 18.2 Å². The molecule has 1 atom stereocenters. The van der Waals surface area contributed by atoms with Crippen LogP contribution in [-0.4, -0.2) is 30.9 Å². The maximum atomic E-state index is 11.0. The maximum Gasteiger partial charge on any atom is 0.339 e. The Balaban J connectivity index is 2.81. The summed E-state index contributed by atoms with van der Waals surface area (Å²) in [5, 5.41) is 9.45. The number of carboxylic acid groups (broad SMARTS) is 1. The molecule has 0 spiro atoms. The van der Waals surface area contributed by atoms with Crippen LogP contribution in [0.1, 0.15) is 23.7 Å². The Morgan fingerprint density at radius 2 is 2.24 bits per heavy atom. The van der Waals surface area contributed by atoms with Crippen LogP contribution in [0, 0.1) is 0 Å². The van der Waals surface area contributed by atoms with E-state index in [-0.39, 0.29) is 17.4 Å². The number of halogens is 1. The summed E-state index contributed by atoms with van der Waals surface area (Å²) in [6, 6.07) is 4.47. The zero-order valence-corrected chi connectivity index (χ0v) is 10.5. The molecule has 94 valence electrons. The number of benzene rings is 1. The molecule has 0 saturated heterocycles. The largest absolute Gasteiger partial charge is 0.490 e. The minimum atomic E-state index is -1.03. The molecule has 1 aromatic carbocycles. The van der Waals surface area contributed by atoms with Crippen molar-refractivity contribution in [1.82, 2.24) is 0 Å². The summed E-state index contributed by atoms with van der Waals surface area (Å²) in [6.07, 6.45) is 0.550. The van der Waals surface area contributed by atoms with E-state index in [4.69, 9.17) is 26.2 Å². The Bertz CT molecular complexity index is 392. The van der Waals surface area contributed by atoms with E-state index in [9.17, 15) is 4.79 Å². The Labute approximate surface area is 105 Å². The highest BCUT2D eigenvalue weighted by Gasteiger charge is 2.14. The topological polar surface area (TPSA) is 55.8 Å². The van der Waals surface area contributed by atoms with Crippen LogP contribution >= 0.6 is 11.6 Å². The number of rotatable bonds is 6. The molecule has 0 heterocycles. The molecule has 0 radical (unpaired) electrons. The van der Waals surface area contributed by atoms with E-state index in [2.05, 4.69) is 0 Å². The Hall–Kier alpha value is -1.26. The van der Waals surface area contributed by atoms with Crippen molar-refractivity contribution in [1.29, 1.82) is 0 Å². The van der Waals surface area contributed by atoms with Crippen molar-refractivity contribution in [2.75, 3.05) is 13.7 Å². The molecular formula is C12H15ClO4. The third-order valence-electron chi connectivity index (χ3n) is 2.23. The predicted molar refractivity (Wildman–Crippen MR) is 65.0 cm³/mol. The molecule has 0 aliphatic heterocycles. The quantitative estimate of drug-likeness (QED) is 0.852. The first-order valence-corrected chi connectivity index (χ1v) is 5.61. The van der Waals surface area contributed by atoms with Crippen molar-refractivity contribution in [2.24, 2.45) is 0 Å². The van der Waals surface area contributed by atoms with Gasteiger partial charge in [-0.15, -0.1) is 0 Å². The standard InChI is InChI=1S/C12H15ClO4/c1-8(5-6-16-2)17-11-7-9(13)3-4-10(11)12(14)15/h3-4,7-8H,5-6H2,1-2H3,(H,14,15). The zero-order chi connectivity index (χ0) is 12.8. The van der Waals surface area contributed by atoms with Crippen LogP contribution in [0.2, 0.25) is 5.02 Å². The first-order chi connectivity index (χ1) is 8.04. The minimum absolute atomic E-state index is 0.110. The summed E-state index contributed by atoms with van der Waals surface area (Å²) in [6.45, 7) is 2.41. The lowest BCUT2D eigenvalue weighted by Gasteiger charge is -2.16. The number of hydrogen-bond donors (Lipinski definition) is 1. The molecule has 0 aliphatic rings. The molecule has 17 heavy (non-hydrogen) atoms. The van der Waals surface area contributed by atoms with Gasteiger partial charge in [0.15, 0.2) is 0 Å². The number of methoxy groups -OCH3 is 1. The van der Waals surface area contributed by atoms with E-state index in [1.807, 2.05) is 6.92 Å². The second-order valence-corrected chi connectivity index (χ2v) is 4.09. The van der Waals surface area contributed by atoms with Crippen molar-refractivity contribution in [2.45, 2.75) is 19.4 Å². The van der Waals surface area contributed by atoms with E-state index < -0.39 is 5.97 Å². The maximum absolute atomic E-state index is 11.0. The summed E-state index contributed by atoms with van der Waals surface area (Å²) in [5.74, 6) is -0.746. The molecule has 0 aromatic heterocycles. The second kappa shape index (κ2) is 6.47. The van der Waals surface area contributed by atoms with Crippen molar-refractivity contribution in [3.05, 3.63) is 28.8 Å². The van der Waals surface area contributed by atoms with E-state index in [1.54, 1.807) is 7.11 Å². The van der Waals surface area contributed by atoms with Gasteiger partial charge < -0.3 is 14.6 Å². The molecule has 4 nitrogen and oxygen atoms in total. The van der Waals surface area contributed by atoms with Crippen LogP contribution in [0.3, 0.4) is 0 Å². The van der Waals surface area contributed by atoms with Crippen LogP contribution in [0.15, 0.2) is 18.2 Å². The van der Waals surface area contributed by atoms with Gasteiger partial charge in [0.05, 0.1) is 6.10 Å². The number of carboxylic acids is 1. The third-order valence-corrected chi connectivity index (χ3v) is 2.47. The molecule has 0 bridgehead atoms. The van der Waals surface area contributed by atoms with Crippen molar-refractivity contribution in [3.8, 4) is 5.75 Å². The summed E-state index contributed by atoms with van der Waals surface area (Å²) >= 11 is 5.81. The number of carbonyl (C=O) groups is 1. The highest BCUT2D eigenvalue weighted by Crippen LogP contribution is 2.24. The lowest BCUT2D eigenvalue weighted by atomic mass is 10.2. The highest BCUT2D eigenvalue weighted by molar-refractivity contribution is 6.30. The first-order valence-electron chi connectivity index (χ1n) is 5.23. The van der Waals surface area contributed by atoms with E-state index in [0.717, 1.165) is 0 Å². The Morgan fingerprint density at radius 3 is 2.82 bits per heavy atom. The lowest BCUT2D eigenvalue weighted by molar-refractivity contribution is 0.0687. The number of hydrogen-bond acceptors (Lipinski definition) is 3. The van der Waals surface area contributed by atoms with Crippen LogP contribution in [0.4, 0.5) is 0 Å². The zero-order valence-electron chi connectivity index (χ0n) is 9.77. The van der Waals surface area contributed by atoms with Gasteiger partial charge in [-0.25, -0.2) is 4.79 Å². The molecule has 0 aliphatic carbocycles. The molecule has 5 heteroatoms. The van der Waals surface area contributed by atoms with E-state index >= 15 is 0 Å². The molecular weight excluding hydrogens is 244 g/mol. The third kappa shape index (κ3) is 4.24. The average molecular weight is 259 g/mol. The van der Waals surface area contributed by atoms with Crippen LogP contribution in [0.5, 0.6) is 5.75 Å². The summed E-state index contributed by atoms with van der Waals surface area (Å²) in [5.41, 5.74) is 0.110. The van der Waals surface area contributed by atoms with Crippen LogP contribution < -0.4 is 4.74 Å². The van der Waals surface area contributed by atoms with Gasteiger partial charge in [-0.3, -0.25) is 0 Å². The van der Waals surface area contributed by atoms with Gasteiger partial charge >= 0.3 is 5.97 Å². The molecule has 0 fully saturated rings. The van der Waals surface area contributed by atoms with Crippen molar-refractivity contribution in [3.63, 3.8) is 0 Å². The number of aromatic carboxylic acids is 1. The van der Waals surface area contributed by atoms with Crippen molar-refractivity contribution < 1.29 is 19.4 Å². The molecule has 0 saturated carbocycles. The van der Waals surface area contributed by atoms with Crippen LogP contribution in [-0.2, 0) is 4.74 Å². The van der Waals surface area contributed by atoms with Gasteiger partial charge in [-0.2, -0.15) is 0 Å². The molecule has 1 N–H and O–H groups in total. The monoisotopic (exact) mass is 258 g/mol. The van der Waals surface area contributed by atoms with Gasteiger partial charge in [0.1, 0.15) is 11.3 Å². The summed E-state index contributed by atoms with van der Waals surface area (Å²) in [7, 11) is 1.61. The molecule has 1 rings (SSSR count). The Kier molecular flexibility index (Phi) is 5.25. The minimum Gasteiger partial charge on any atom is -0.490 e. The van der Waals surface area contributed by atoms with Gasteiger partial charge in [-0.1, -0.05) is 11.6 Å². The van der Waals surface area contributed by atoms with Gasteiger partial charge in [0.25, 0.3) is 0 Å². The smallest absolute Gasteiger partial charge is 0.339 e. The van der Waals surface area contributed by atoms with E-state index in [0.29, 0.717) is 18.1 Å². The molecule has 1 unspecified atom stereocenters. The normalized spacial score (nSPS) is 12.2. The summed E-state index contributed by atoms with van der Waals surface area (Å²) < 4.78 is 10.5. The SMILES string of the molecule is COCCC(C)Oc1cc(Cl)ccc1C(=O)O. The lowest BCUT2D eigenvalue weighted by Crippen LogP contribution is -2.16. The summed E-state index contributed by atoms with van der Waals surface area (Å²) in [4.78, 5) is 11.0. The Morgan fingerprint density at radius 1 is 1.53 bits per heavy atom. The molecule has 1 aromatic rings. The van der Waals surface area contributed by atoms with Crippen molar-refractivity contribution >= 4 is 17.6 Å². The van der Waals surface area contributed by atoms with Gasteiger partial charge in [0, 0.05) is 25.2 Å². The fraction of sp³-hybridized carbons (Fsp3) is 0.417. The highest BCUT2D eigenvalue weighted by atomic mass is 35.5. The fourth-order valence-electron chi connectivity index (χ4n) is 1.33. The first kappa shape index (κ1) is 13.8. The molecule has 0 amide bonds. The van der Waals surface area contributed by atoms with Crippen LogP contribution in [0.25, 0.3) is 0 Å². The average Bonchev–Trinajstić information content (AvgIpc) is 2.26. The fourth-order valence-corrected chi connectivity index (χ4v) is 1.49. The number of ether oxygens (including phenoxy) is 2. The van der Waals surface area contributed by atoms with Gasteiger partial charge in [-0.05, 0) is 25.1 Å². The van der Waals surface area contributed by atoms with Gasteiger partial charge in [0.2, 0.25) is 0 Å². The predicted octanol–water partition coefficient (Wildman–Crippen LogP) is 2.84. The second-order valence-electron chi connectivity index (χ2n) is 3.66.